The first-order valence-corrected chi connectivity index (χ1v) is 8.13. The molecule has 0 radical (unpaired) electrons. The molecule has 0 aliphatic rings. The first-order valence-electron chi connectivity index (χ1n) is 7.34. The Kier molecular flexibility index (Phi) is 4.34. The summed E-state index contributed by atoms with van der Waals surface area (Å²) in [7, 11) is 0. The van der Waals surface area contributed by atoms with Crippen LogP contribution in [0.5, 0.6) is 0 Å². The van der Waals surface area contributed by atoms with Crippen molar-refractivity contribution in [3.63, 3.8) is 0 Å². The lowest BCUT2D eigenvalue weighted by Gasteiger charge is -2.16. The smallest absolute Gasteiger partial charge is 0.256 e. The van der Waals surface area contributed by atoms with Crippen LogP contribution in [0.3, 0.4) is 0 Å². The molecule has 0 bridgehead atoms. The largest absolute Gasteiger partial charge is 0.381 e. The molecule has 0 saturated heterocycles. The summed E-state index contributed by atoms with van der Waals surface area (Å²) in [5.41, 5.74) is 2.91. The predicted octanol–water partition coefficient (Wildman–Crippen LogP) is 4.40. The highest BCUT2D eigenvalue weighted by Gasteiger charge is 2.14. The van der Waals surface area contributed by atoms with E-state index in [1.54, 1.807) is 18.5 Å². The van der Waals surface area contributed by atoms with Gasteiger partial charge in [0.15, 0.2) is 0 Å². The van der Waals surface area contributed by atoms with Gasteiger partial charge in [0, 0.05) is 28.3 Å². The van der Waals surface area contributed by atoms with Gasteiger partial charge in [-0.2, -0.15) is 0 Å². The zero-order valence-electron chi connectivity index (χ0n) is 12.9. The Balaban J connectivity index is 1.92. The maximum Gasteiger partial charge on any atom is 0.256 e. The van der Waals surface area contributed by atoms with Crippen LogP contribution in [0.25, 0.3) is 11.0 Å². The lowest BCUT2D eigenvalue weighted by molar-refractivity contribution is 0.102. The highest BCUT2D eigenvalue weighted by atomic mass is 79.9. The molecule has 6 heteroatoms. The van der Waals surface area contributed by atoms with Crippen LogP contribution in [-0.4, -0.2) is 21.9 Å². The van der Waals surface area contributed by atoms with Gasteiger partial charge in [0.25, 0.3) is 5.91 Å². The normalized spacial score (nSPS) is 11.0. The number of nitrogens with one attached hydrogen (secondary N) is 3. The number of hydrogen-bond acceptors (Lipinski definition) is 3. The molecule has 0 aliphatic heterocycles. The second-order valence-electron chi connectivity index (χ2n) is 5.54. The zero-order valence-corrected chi connectivity index (χ0v) is 14.4. The Morgan fingerprint density at radius 1 is 1.22 bits per heavy atom. The van der Waals surface area contributed by atoms with E-state index in [2.05, 4.69) is 50.4 Å². The number of rotatable bonds is 4. The molecule has 3 N–H and O–H groups in total. The second-order valence-corrected chi connectivity index (χ2v) is 6.46. The second kappa shape index (κ2) is 6.42. The van der Waals surface area contributed by atoms with Crippen LogP contribution < -0.4 is 10.6 Å². The van der Waals surface area contributed by atoms with Crippen LogP contribution >= 0.6 is 15.9 Å². The number of carbonyl (C=O) groups is 1. The highest BCUT2D eigenvalue weighted by Crippen LogP contribution is 2.27. The molecule has 23 heavy (non-hydrogen) atoms. The van der Waals surface area contributed by atoms with Crippen molar-refractivity contribution in [3.05, 3.63) is 52.8 Å². The molecule has 2 aromatic heterocycles. The minimum absolute atomic E-state index is 0.161. The minimum Gasteiger partial charge on any atom is -0.381 e. The van der Waals surface area contributed by atoms with Crippen molar-refractivity contribution in [1.29, 1.82) is 0 Å². The molecular formula is C17H17BrN4O. The molecule has 1 amide bonds. The number of anilines is 2. The summed E-state index contributed by atoms with van der Waals surface area (Å²) >= 11 is 3.46. The van der Waals surface area contributed by atoms with E-state index in [0.29, 0.717) is 11.2 Å². The summed E-state index contributed by atoms with van der Waals surface area (Å²) in [6.07, 6.45) is 3.41. The molecule has 3 aromatic rings. The maximum atomic E-state index is 12.7. The van der Waals surface area contributed by atoms with Crippen molar-refractivity contribution < 1.29 is 4.79 Å². The Morgan fingerprint density at radius 2 is 2.04 bits per heavy atom. The van der Waals surface area contributed by atoms with Gasteiger partial charge in [-0.1, -0.05) is 15.9 Å². The fourth-order valence-electron chi connectivity index (χ4n) is 2.40. The van der Waals surface area contributed by atoms with Gasteiger partial charge >= 0.3 is 0 Å². The van der Waals surface area contributed by atoms with E-state index < -0.39 is 0 Å². The van der Waals surface area contributed by atoms with Gasteiger partial charge < -0.3 is 15.6 Å². The molecule has 0 spiro atoms. The third-order valence-corrected chi connectivity index (χ3v) is 3.87. The van der Waals surface area contributed by atoms with Crippen molar-refractivity contribution in [2.75, 3.05) is 10.6 Å². The van der Waals surface area contributed by atoms with E-state index >= 15 is 0 Å². The van der Waals surface area contributed by atoms with Gasteiger partial charge in [-0.3, -0.25) is 4.79 Å². The number of benzene rings is 1. The summed E-state index contributed by atoms with van der Waals surface area (Å²) in [4.78, 5) is 19.9. The first-order chi connectivity index (χ1) is 11.0. The van der Waals surface area contributed by atoms with Crippen LogP contribution in [0.15, 0.2) is 47.2 Å². The number of aromatic nitrogens is 2. The Bertz CT molecular complexity index is 857. The lowest BCUT2D eigenvalue weighted by atomic mass is 10.1. The highest BCUT2D eigenvalue weighted by molar-refractivity contribution is 9.10. The van der Waals surface area contributed by atoms with Gasteiger partial charge in [-0.15, -0.1) is 0 Å². The standard InChI is InChI=1S/C17H17BrN4O/c1-10(2)21-15-9-11(18)3-4-14(15)22-17(23)13-6-8-20-16-12(13)5-7-19-16/h3-10,21H,1-2H3,(H,19,20)(H,22,23). The zero-order chi connectivity index (χ0) is 16.4. The van der Waals surface area contributed by atoms with E-state index in [1.807, 2.05) is 24.3 Å². The molecule has 5 nitrogen and oxygen atoms in total. The van der Waals surface area contributed by atoms with Gasteiger partial charge in [-0.05, 0) is 44.2 Å². The molecule has 0 atom stereocenters. The van der Waals surface area contributed by atoms with E-state index in [4.69, 9.17) is 0 Å². The van der Waals surface area contributed by atoms with Crippen molar-refractivity contribution in [2.24, 2.45) is 0 Å². The quantitative estimate of drug-likeness (QED) is 0.635. The van der Waals surface area contributed by atoms with E-state index in [0.717, 1.165) is 21.2 Å². The van der Waals surface area contributed by atoms with E-state index in [9.17, 15) is 4.79 Å². The van der Waals surface area contributed by atoms with Gasteiger partial charge in [-0.25, -0.2) is 4.98 Å². The van der Waals surface area contributed by atoms with E-state index in [1.165, 1.54) is 0 Å². The Labute approximate surface area is 142 Å². The fourth-order valence-corrected chi connectivity index (χ4v) is 2.77. The van der Waals surface area contributed by atoms with Crippen LogP contribution in [-0.2, 0) is 0 Å². The third kappa shape index (κ3) is 3.37. The number of halogens is 1. The van der Waals surface area contributed by atoms with Crippen LogP contribution in [0.2, 0.25) is 0 Å². The Morgan fingerprint density at radius 3 is 2.83 bits per heavy atom. The maximum absolute atomic E-state index is 12.7. The summed E-state index contributed by atoms with van der Waals surface area (Å²) in [6, 6.07) is 9.57. The van der Waals surface area contributed by atoms with Crippen molar-refractivity contribution >= 4 is 44.2 Å². The number of amides is 1. The predicted molar refractivity (Wildman–Crippen MR) is 96.9 cm³/mol. The molecule has 0 saturated carbocycles. The number of H-pyrrole nitrogens is 1. The summed E-state index contributed by atoms with van der Waals surface area (Å²) in [5, 5.41) is 7.12. The SMILES string of the molecule is CC(C)Nc1cc(Br)ccc1NC(=O)c1ccnc2[nH]ccc12. The molecule has 1 aromatic carbocycles. The van der Waals surface area contributed by atoms with Crippen molar-refractivity contribution in [3.8, 4) is 0 Å². The summed E-state index contributed by atoms with van der Waals surface area (Å²) < 4.78 is 0.954. The number of pyridine rings is 1. The van der Waals surface area contributed by atoms with Gasteiger partial charge in [0.05, 0.1) is 16.9 Å². The molecule has 3 rings (SSSR count). The monoisotopic (exact) mass is 372 g/mol. The van der Waals surface area contributed by atoms with Crippen molar-refractivity contribution in [1.82, 2.24) is 9.97 Å². The number of carbonyl (C=O) groups excluding carboxylic acids is 1. The molecule has 2 heterocycles. The van der Waals surface area contributed by atoms with Crippen LogP contribution in [0.1, 0.15) is 24.2 Å². The van der Waals surface area contributed by atoms with Crippen LogP contribution in [0, 0.1) is 0 Å². The first kappa shape index (κ1) is 15.6. The van der Waals surface area contributed by atoms with Gasteiger partial charge in [0.1, 0.15) is 5.65 Å². The van der Waals surface area contributed by atoms with Gasteiger partial charge in [0.2, 0.25) is 0 Å². The molecule has 0 fully saturated rings. The Hall–Kier alpha value is -2.34. The fraction of sp³-hybridized carbons (Fsp3) is 0.176. The number of nitrogens with zero attached hydrogens (tertiary/aromatic N) is 1. The summed E-state index contributed by atoms with van der Waals surface area (Å²) in [6.45, 7) is 4.11. The number of hydrogen-bond donors (Lipinski definition) is 3. The third-order valence-electron chi connectivity index (χ3n) is 3.38. The molecular weight excluding hydrogens is 356 g/mol. The molecule has 0 unspecified atom stereocenters. The summed E-state index contributed by atoms with van der Waals surface area (Å²) in [5.74, 6) is -0.161. The number of aromatic amines is 1. The average molecular weight is 373 g/mol. The molecule has 118 valence electrons. The minimum atomic E-state index is -0.161. The van der Waals surface area contributed by atoms with Crippen LogP contribution in [0.4, 0.5) is 11.4 Å². The average Bonchev–Trinajstić information content (AvgIpc) is 2.97. The van der Waals surface area contributed by atoms with E-state index in [-0.39, 0.29) is 11.9 Å². The van der Waals surface area contributed by atoms with Crippen molar-refractivity contribution in [2.45, 2.75) is 19.9 Å². The lowest BCUT2D eigenvalue weighted by Crippen LogP contribution is -2.16. The molecule has 0 aliphatic carbocycles. The topological polar surface area (TPSA) is 69.8 Å². The number of fused-ring (bicyclic) bond motifs is 1.